The van der Waals surface area contributed by atoms with Crippen molar-refractivity contribution in [3.8, 4) is 0 Å². The zero-order valence-electron chi connectivity index (χ0n) is 7.67. The summed E-state index contributed by atoms with van der Waals surface area (Å²) in [5, 5.41) is 8.44. The highest BCUT2D eigenvalue weighted by Gasteiger charge is 2.08. The molecule has 0 saturated heterocycles. The topological polar surface area (TPSA) is 58.6 Å². The summed E-state index contributed by atoms with van der Waals surface area (Å²) in [7, 11) is 0. The number of nitrogens with one attached hydrogen (secondary N) is 1. The Labute approximate surface area is 72.9 Å². The van der Waals surface area contributed by atoms with E-state index in [2.05, 4.69) is 12.4 Å². The lowest BCUT2D eigenvalue weighted by Crippen LogP contribution is -2.33. The molecule has 2 N–H and O–H groups in total. The summed E-state index contributed by atoms with van der Waals surface area (Å²) in [5.74, 6) is -0.898. The van der Waals surface area contributed by atoms with Crippen LogP contribution in [-0.2, 0) is 9.63 Å². The second-order valence-corrected chi connectivity index (χ2v) is 2.73. The summed E-state index contributed by atoms with van der Waals surface area (Å²) in [5.41, 5.74) is 2.44. The summed E-state index contributed by atoms with van der Waals surface area (Å²) in [4.78, 5) is 15.2. The van der Waals surface area contributed by atoms with Crippen LogP contribution in [-0.4, -0.2) is 23.7 Å². The summed E-state index contributed by atoms with van der Waals surface area (Å²) in [6.07, 6.45) is 3.22. The highest BCUT2D eigenvalue weighted by molar-refractivity contribution is 5.72. The van der Waals surface area contributed by atoms with Gasteiger partial charge in [-0.25, -0.2) is 0 Å². The molecule has 0 unspecified atom stereocenters. The predicted molar refractivity (Wildman–Crippen MR) is 45.7 cm³/mol. The fraction of sp³-hybridized carbons (Fsp3) is 0.875. The van der Waals surface area contributed by atoms with Crippen molar-refractivity contribution in [1.82, 2.24) is 5.48 Å². The normalized spacial score (nSPS) is 12.8. The first-order chi connectivity index (χ1) is 5.68. The standard InChI is InChI=1S/C8H17NO3/c1-3-4-5-6-12-9-7(2)8(10)11/h7,9H,3-6H2,1-2H3,(H,10,11)/t7-/m0/s1. The third-order valence-electron chi connectivity index (χ3n) is 1.48. The van der Waals surface area contributed by atoms with E-state index in [-0.39, 0.29) is 0 Å². The van der Waals surface area contributed by atoms with Crippen LogP contribution in [0.3, 0.4) is 0 Å². The Balaban J connectivity index is 3.14. The molecule has 4 heteroatoms. The third-order valence-corrected chi connectivity index (χ3v) is 1.48. The van der Waals surface area contributed by atoms with Gasteiger partial charge >= 0.3 is 5.97 Å². The average molecular weight is 175 g/mol. The molecule has 0 aromatic carbocycles. The Hall–Kier alpha value is -0.610. The molecule has 0 heterocycles. The highest BCUT2D eigenvalue weighted by Crippen LogP contribution is 1.93. The lowest BCUT2D eigenvalue weighted by atomic mass is 10.3. The maximum absolute atomic E-state index is 10.3. The average Bonchev–Trinajstić information content (AvgIpc) is 2.03. The van der Waals surface area contributed by atoms with Crippen LogP contribution in [0.2, 0.25) is 0 Å². The molecule has 0 aromatic heterocycles. The Morgan fingerprint density at radius 3 is 2.75 bits per heavy atom. The van der Waals surface area contributed by atoms with Gasteiger partial charge in [0, 0.05) is 0 Å². The maximum atomic E-state index is 10.3. The van der Waals surface area contributed by atoms with Gasteiger partial charge in [0.15, 0.2) is 0 Å². The van der Waals surface area contributed by atoms with E-state index in [0.717, 1.165) is 19.3 Å². The number of rotatable bonds is 7. The molecule has 0 rings (SSSR count). The number of hydrogen-bond donors (Lipinski definition) is 2. The van der Waals surface area contributed by atoms with Crippen molar-refractivity contribution in [2.75, 3.05) is 6.61 Å². The molecule has 12 heavy (non-hydrogen) atoms. The van der Waals surface area contributed by atoms with Gasteiger partial charge in [-0.05, 0) is 13.3 Å². The summed E-state index contributed by atoms with van der Waals surface area (Å²) in [6.45, 7) is 4.22. The van der Waals surface area contributed by atoms with E-state index in [4.69, 9.17) is 9.94 Å². The van der Waals surface area contributed by atoms with Gasteiger partial charge in [0.25, 0.3) is 0 Å². The van der Waals surface area contributed by atoms with Gasteiger partial charge < -0.3 is 9.94 Å². The zero-order valence-corrected chi connectivity index (χ0v) is 7.67. The number of carboxylic acids is 1. The molecule has 72 valence electrons. The number of aliphatic carboxylic acids is 1. The smallest absolute Gasteiger partial charge is 0.322 e. The molecule has 0 aliphatic rings. The molecule has 0 bridgehead atoms. The Bertz CT molecular complexity index is 127. The Kier molecular flexibility index (Phi) is 6.70. The fourth-order valence-electron chi connectivity index (χ4n) is 0.659. The minimum absolute atomic E-state index is 0.575. The number of hydrogen-bond acceptors (Lipinski definition) is 3. The number of unbranched alkanes of at least 4 members (excludes halogenated alkanes) is 2. The van der Waals surface area contributed by atoms with Crippen molar-refractivity contribution in [1.29, 1.82) is 0 Å². The number of hydroxylamine groups is 1. The molecule has 0 amide bonds. The van der Waals surface area contributed by atoms with Crippen LogP contribution in [0.1, 0.15) is 33.1 Å². The van der Waals surface area contributed by atoms with Gasteiger partial charge in [-0.1, -0.05) is 19.8 Å². The second kappa shape index (κ2) is 7.06. The van der Waals surface area contributed by atoms with Crippen molar-refractivity contribution in [2.24, 2.45) is 0 Å². The Morgan fingerprint density at radius 1 is 1.58 bits per heavy atom. The minimum atomic E-state index is -0.898. The molecule has 4 nitrogen and oxygen atoms in total. The van der Waals surface area contributed by atoms with Crippen LogP contribution in [0, 0.1) is 0 Å². The van der Waals surface area contributed by atoms with E-state index in [1.54, 1.807) is 6.92 Å². The zero-order chi connectivity index (χ0) is 9.40. The van der Waals surface area contributed by atoms with Gasteiger partial charge in [-0.15, -0.1) is 0 Å². The fourth-order valence-corrected chi connectivity index (χ4v) is 0.659. The van der Waals surface area contributed by atoms with Crippen molar-refractivity contribution >= 4 is 5.97 Å². The summed E-state index contributed by atoms with van der Waals surface area (Å²) in [6, 6.07) is -0.633. The van der Waals surface area contributed by atoms with Crippen LogP contribution in [0.15, 0.2) is 0 Å². The number of carboxylic acid groups (broad SMARTS) is 1. The molecule has 0 saturated carbocycles. The maximum Gasteiger partial charge on any atom is 0.322 e. The van der Waals surface area contributed by atoms with E-state index in [9.17, 15) is 4.79 Å². The van der Waals surface area contributed by atoms with Gasteiger partial charge in [0.05, 0.1) is 6.61 Å². The van der Waals surface area contributed by atoms with Gasteiger partial charge in [-0.3, -0.25) is 4.79 Å². The largest absolute Gasteiger partial charge is 0.480 e. The summed E-state index contributed by atoms with van der Waals surface area (Å²) >= 11 is 0. The van der Waals surface area contributed by atoms with Gasteiger partial charge in [0.1, 0.15) is 6.04 Å². The SMILES string of the molecule is CCCCCON[C@@H](C)C(=O)O. The van der Waals surface area contributed by atoms with Gasteiger partial charge in [0.2, 0.25) is 0 Å². The van der Waals surface area contributed by atoms with Crippen LogP contribution in [0.25, 0.3) is 0 Å². The van der Waals surface area contributed by atoms with Crippen molar-refractivity contribution in [3.63, 3.8) is 0 Å². The monoisotopic (exact) mass is 175 g/mol. The number of carbonyl (C=O) groups is 1. The highest BCUT2D eigenvalue weighted by atomic mass is 16.6. The van der Waals surface area contributed by atoms with E-state index in [1.807, 2.05) is 0 Å². The lowest BCUT2D eigenvalue weighted by molar-refractivity contribution is -0.143. The lowest BCUT2D eigenvalue weighted by Gasteiger charge is -2.08. The molecule has 1 atom stereocenters. The van der Waals surface area contributed by atoms with Crippen molar-refractivity contribution in [3.05, 3.63) is 0 Å². The molecule has 0 aliphatic heterocycles. The van der Waals surface area contributed by atoms with Crippen LogP contribution in [0.5, 0.6) is 0 Å². The second-order valence-electron chi connectivity index (χ2n) is 2.73. The van der Waals surface area contributed by atoms with Crippen LogP contribution >= 0.6 is 0 Å². The van der Waals surface area contributed by atoms with E-state index in [1.165, 1.54) is 0 Å². The minimum Gasteiger partial charge on any atom is -0.480 e. The van der Waals surface area contributed by atoms with Crippen molar-refractivity contribution < 1.29 is 14.7 Å². The first-order valence-corrected chi connectivity index (χ1v) is 4.28. The van der Waals surface area contributed by atoms with Crippen LogP contribution < -0.4 is 5.48 Å². The molecule has 0 spiro atoms. The quantitative estimate of drug-likeness (QED) is 0.450. The van der Waals surface area contributed by atoms with E-state index in [0.29, 0.717) is 6.61 Å². The molecule has 0 aliphatic carbocycles. The molecular weight excluding hydrogens is 158 g/mol. The first-order valence-electron chi connectivity index (χ1n) is 4.28. The third kappa shape index (κ3) is 6.12. The summed E-state index contributed by atoms with van der Waals surface area (Å²) < 4.78 is 0. The molecular formula is C8H17NO3. The molecule has 0 aromatic rings. The molecule has 0 fully saturated rings. The van der Waals surface area contributed by atoms with Gasteiger partial charge in [-0.2, -0.15) is 5.48 Å². The van der Waals surface area contributed by atoms with Crippen LogP contribution in [0.4, 0.5) is 0 Å². The van der Waals surface area contributed by atoms with Crippen molar-refractivity contribution in [2.45, 2.75) is 39.2 Å². The van der Waals surface area contributed by atoms with E-state index >= 15 is 0 Å². The molecule has 0 radical (unpaired) electrons. The first kappa shape index (κ1) is 11.4. The predicted octanol–water partition coefficient (Wildman–Crippen LogP) is 1.17. The van der Waals surface area contributed by atoms with E-state index < -0.39 is 12.0 Å². The Morgan fingerprint density at radius 2 is 2.25 bits per heavy atom.